The van der Waals surface area contributed by atoms with Gasteiger partial charge in [-0.2, -0.15) is 0 Å². The molecule has 2 aromatic carbocycles. The van der Waals surface area contributed by atoms with Gasteiger partial charge in [0.1, 0.15) is 29.1 Å². The fraction of sp³-hybridized carbons (Fsp3) is 0.130. The van der Waals surface area contributed by atoms with E-state index in [0.717, 1.165) is 6.07 Å². The summed E-state index contributed by atoms with van der Waals surface area (Å²) in [4.78, 5) is 37.8. The molecule has 1 aliphatic rings. The van der Waals surface area contributed by atoms with Crippen LogP contribution in [0.5, 0.6) is 5.75 Å². The molecule has 1 saturated heterocycles. The maximum absolute atomic E-state index is 13.0. The van der Waals surface area contributed by atoms with E-state index in [1.807, 2.05) is 0 Å². The number of carbonyl (C=O) groups excluding carboxylic acids is 2. The Morgan fingerprint density at radius 1 is 1.12 bits per heavy atom. The van der Waals surface area contributed by atoms with Crippen molar-refractivity contribution in [2.75, 3.05) is 12.0 Å². The molecule has 9 heteroatoms. The number of rotatable bonds is 5. The lowest BCUT2D eigenvalue weighted by molar-refractivity contribution is -0.384. The van der Waals surface area contributed by atoms with Gasteiger partial charge >= 0.3 is 0 Å². The SMILES string of the molecule is COc1ccc(N2C(=O)C(=O)/C(=C(\O)c3cccc([N+](=O)[O-])c3)C2c2ccc(C)o2)cc1. The van der Waals surface area contributed by atoms with Crippen LogP contribution in [0.3, 0.4) is 0 Å². The van der Waals surface area contributed by atoms with Crippen molar-refractivity contribution in [1.29, 1.82) is 0 Å². The number of amides is 1. The quantitative estimate of drug-likeness (QED) is 0.210. The summed E-state index contributed by atoms with van der Waals surface area (Å²) < 4.78 is 10.9. The normalized spacial score (nSPS) is 17.6. The Morgan fingerprint density at radius 2 is 1.84 bits per heavy atom. The lowest BCUT2D eigenvalue weighted by Crippen LogP contribution is -2.29. The van der Waals surface area contributed by atoms with E-state index in [2.05, 4.69) is 0 Å². The number of aliphatic hydroxyl groups is 1. The second kappa shape index (κ2) is 8.03. The molecular formula is C23H18N2O7. The molecule has 1 unspecified atom stereocenters. The monoisotopic (exact) mass is 434 g/mol. The van der Waals surface area contributed by atoms with Crippen LogP contribution in [0.4, 0.5) is 11.4 Å². The highest BCUT2D eigenvalue weighted by Gasteiger charge is 2.48. The van der Waals surface area contributed by atoms with Crippen molar-refractivity contribution in [2.45, 2.75) is 13.0 Å². The van der Waals surface area contributed by atoms with Gasteiger partial charge in [-0.05, 0) is 43.3 Å². The second-order valence-electron chi connectivity index (χ2n) is 7.12. The van der Waals surface area contributed by atoms with Crippen LogP contribution in [0.25, 0.3) is 5.76 Å². The molecule has 162 valence electrons. The Balaban J connectivity index is 1.91. The predicted octanol–water partition coefficient (Wildman–Crippen LogP) is 4.13. The lowest BCUT2D eigenvalue weighted by Gasteiger charge is -2.23. The van der Waals surface area contributed by atoms with Gasteiger partial charge in [0.15, 0.2) is 0 Å². The van der Waals surface area contributed by atoms with E-state index in [0.29, 0.717) is 17.2 Å². The van der Waals surface area contributed by atoms with Crippen molar-refractivity contribution in [3.05, 3.63) is 93.4 Å². The molecule has 0 radical (unpaired) electrons. The van der Waals surface area contributed by atoms with Gasteiger partial charge in [-0.15, -0.1) is 0 Å². The zero-order valence-electron chi connectivity index (χ0n) is 17.1. The Bertz CT molecular complexity index is 1260. The Kier molecular flexibility index (Phi) is 5.23. The number of benzene rings is 2. The molecule has 4 rings (SSSR count). The molecule has 0 aliphatic carbocycles. The number of aliphatic hydroxyl groups excluding tert-OH is 1. The number of Topliss-reactive ketones (excluding diaryl/α,β-unsaturated/α-hetero) is 1. The first-order chi connectivity index (χ1) is 15.3. The van der Waals surface area contributed by atoms with Crippen molar-refractivity contribution in [3.8, 4) is 5.75 Å². The van der Waals surface area contributed by atoms with Gasteiger partial charge in [-0.3, -0.25) is 24.6 Å². The number of ether oxygens (including phenoxy) is 1. The average Bonchev–Trinajstić information content (AvgIpc) is 3.34. The number of furan rings is 1. The topological polar surface area (TPSA) is 123 Å². The van der Waals surface area contributed by atoms with Gasteiger partial charge < -0.3 is 14.3 Å². The number of carbonyl (C=O) groups is 2. The van der Waals surface area contributed by atoms with Crippen LogP contribution in [-0.4, -0.2) is 28.8 Å². The molecule has 0 saturated carbocycles. The van der Waals surface area contributed by atoms with Gasteiger partial charge in [-0.1, -0.05) is 12.1 Å². The molecule has 1 aromatic heterocycles. The summed E-state index contributed by atoms with van der Waals surface area (Å²) in [5, 5.41) is 22.1. The second-order valence-corrected chi connectivity index (χ2v) is 7.12. The molecule has 3 aromatic rings. The Labute approximate surface area is 182 Å². The first kappa shape index (κ1) is 20.9. The van der Waals surface area contributed by atoms with Crippen LogP contribution in [-0.2, 0) is 9.59 Å². The van der Waals surface area contributed by atoms with E-state index in [1.165, 1.54) is 30.2 Å². The average molecular weight is 434 g/mol. The molecule has 1 amide bonds. The number of nitro groups is 1. The molecule has 9 nitrogen and oxygen atoms in total. The number of anilines is 1. The molecule has 1 fully saturated rings. The number of hydrogen-bond acceptors (Lipinski definition) is 7. The van der Waals surface area contributed by atoms with Crippen LogP contribution in [0, 0.1) is 17.0 Å². The number of non-ortho nitro benzene ring substituents is 1. The van der Waals surface area contributed by atoms with Gasteiger partial charge in [0.05, 0.1) is 17.6 Å². The summed E-state index contributed by atoms with van der Waals surface area (Å²) >= 11 is 0. The first-order valence-corrected chi connectivity index (χ1v) is 9.58. The third-order valence-electron chi connectivity index (χ3n) is 5.16. The Hall–Kier alpha value is -4.40. The van der Waals surface area contributed by atoms with Crippen molar-refractivity contribution in [2.24, 2.45) is 0 Å². The molecule has 1 aliphatic heterocycles. The van der Waals surface area contributed by atoms with Gasteiger partial charge in [-0.25, -0.2) is 0 Å². The minimum Gasteiger partial charge on any atom is -0.507 e. The van der Waals surface area contributed by atoms with E-state index >= 15 is 0 Å². The van der Waals surface area contributed by atoms with E-state index in [1.54, 1.807) is 43.3 Å². The number of nitro benzene ring substituents is 1. The maximum Gasteiger partial charge on any atom is 0.300 e. The molecule has 0 bridgehead atoms. The number of ketones is 1. The highest BCUT2D eigenvalue weighted by Crippen LogP contribution is 2.43. The van der Waals surface area contributed by atoms with Crippen LogP contribution < -0.4 is 9.64 Å². The van der Waals surface area contributed by atoms with Crippen LogP contribution in [0.15, 0.2) is 70.7 Å². The fourth-order valence-corrected chi connectivity index (χ4v) is 3.63. The van der Waals surface area contributed by atoms with Crippen molar-refractivity contribution >= 4 is 28.8 Å². The number of hydrogen-bond donors (Lipinski definition) is 1. The van der Waals surface area contributed by atoms with E-state index < -0.39 is 28.4 Å². The fourth-order valence-electron chi connectivity index (χ4n) is 3.63. The number of nitrogens with zero attached hydrogens (tertiary/aromatic N) is 2. The predicted molar refractivity (Wildman–Crippen MR) is 114 cm³/mol. The minimum absolute atomic E-state index is 0.0419. The number of aryl methyl sites for hydroxylation is 1. The van der Waals surface area contributed by atoms with Crippen LogP contribution >= 0.6 is 0 Å². The summed E-state index contributed by atoms with van der Waals surface area (Å²) in [6.07, 6.45) is 0. The van der Waals surface area contributed by atoms with Crippen molar-refractivity contribution in [3.63, 3.8) is 0 Å². The molecule has 1 atom stereocenters. The van der Waals surface area contributed by atoms with Crippen molar-refractivity contribution in [1.82, 2.24) is 0 Å². The standard InChI is InChI=1S/C23H18N2O7/c1-13-6-11-18(32-13)20-19(21(26)14-4-3-5-16(12-14)25(29)30)22(27)23(28)24(20)15-7-9-17(31-2)10-8-15/h3-12,20,26H,1-2H3/b21-19-. The summed E-state index contributed by atoms with van der Waals surface area (Å²) in [6.45, 7) is 1.71. The largest absolute Gasteiger partial charge is 0.507 e. The van der Waals surface area contributed by atoms with Gasteiger partial charge in [0.2, 0.25) is 0 Å². The summed E-state index contributed by atoms with van der Waals surface area (Å²) in [5.41, 5.74) is -0.0465. The third-order valence-corrected chi connectivity index (χ3v) is 5.16. The van der Waals surface area contributed by atoms with E-state index in [9.17, 15) is 24.8 Å². The summed E-state index contributed by atoms with van der Waals surface area (Å²) in [7, 11) is 1.51. The number of methoxy groups -OCH3 is 1. The van der Waals surface area contributed by atoms with Gasteiger partial charge in [0, 0.05) is 23.4 Å². The maximum atomic E-state index is 13.0. The smallest absolute Gasteiger partial charge is 0.300 e. The highest BCUT2D eigenvalue weighted by molar-refractivity contribution is 6.51. The first-order valence-electron chi connectivity index (χ1n) is 9.58. The lowest BCUT2D eigenvalue weighted by atomic mass is 9.99. The van der Waals surface area contributed by atoms with Crippen LogP contribution in [0.1, 0.15) is 23.1 Å². The van der Waals surface area contributed by atoms with E-state index in [4.69, 9.17) is 9.15 Å². The molecule has 1 N–H and O–H groups in total. The van der Waals surface area contributed by atoms with E-state index in [-0.39, 0.29) is 22.6 Å². The van der Waals surface area contributed by atoms with Gasteiger partial charge in [0.25, 0.3) is 17.4 Å². The zero-order valence-corrected chi connectivity index (χ0v) is 17.1. The van der Waals surface area contributed by atoms with Crippen LogP contribution in [0.2, 0.25) is 0 Å². The van der Waals surface area contributed by atoms with Crippen molar-refractivity contribution < 1.29 is 28.8 Å². The molecule has 2 heterocycles. The minimum atomic E-state index is -1.06. The third kappa shape index (κ3) is 3.49. The highest BCUT2D eigenvalue weighted by atomic mass is 16.6. The molecular weight excluding hydrogens is 416 g/mol. The summed E-state index contributed by atoms with van der Waals surface area (Å²) in [5.74, 6) is -0.931. The Morgan fingerprint density at radius 3 is 2.44 bits per heavy atom. The summed E-state index contributed by atoms with van der Waals surface area (Å²) in [6, 6.07) is 13.9. The zero-order chi connectivity index (χ0) is 23.0. The molecule has 0 spiro atoms. The molecule has 32 heavy (non-hydrogen) atoms.